The van der Waals surface area contributed by atoms with Crippen LogP contribution in [0, 0.1) is 27.7 Å². The van der Waals surface area contributed by atoms with Crippen molar-refractivity contribution in [2.24, 2.45) is 0 Å². The van der Waals surface area contributed by atoms with Gasteiger partial charge >= 0.3 is 0 Å². The zero-order chi connectivity index (χ0) is 14.0. The summed E-state index contributed by atoms with van der Waals surface area (Å²) in [4.78, 5) is 0. The lowest BCUT2D eigenvalue weighted by atomic mass is 9.97. The molecule has 19 heavy (non-hydrogen) atoms. The number of hydrogen-bond donors (Lipinski definition) is 0. The average Bonchev–Trinajstić information content (AvgIpc) is 2.37. The quantitative estimate of drug-likeness (QED) is 0.653. The SMILES string of the molecule is Cc1ccc(C)c(CC(Cl)c2ccc(C)c(C)c2)c1. The van der Waals surface area contributed by atoms with E-state index in [4.69, 9.17) is 11.6 Å². The highest BCUT2D eigenvalue weighted by Gasteiger charge is 2.11. The Balaban J connectivity index is 2.22. The van der Waals surface area contributed by atoms with Gasteiger partial charge in [0.05, 0.1) is 5.38 Å². The number of alkyl halides is 1. The van der Waals surface area contributed by atoms with Crippen molar-refractivity contribution in [2.75, 3.05) is 0 Å². The molecule has 0 saturated heterocycles. The van der Waals surface area contributed by atoms with Crippen molar-refractivity contribution in [3.8, 4) is 0 Å². The van der Waals surface area contributed by atoms with Crippen LogP contribution >= 0.6 is 11.6 Å². The van der Waals surface area contributed by atoms with Gasteiger partial charge in [-0.25, -0.2) is 0 Å². The van der Waals surface area contributed by atoms with Crippen LogP contribution in [0.5, 0.6) is 0 Å². The molecule has 1 atom stereocenters. The molecule has 100 valence electrons. The minimum Gasteiger partial charge on any atom is -0.117 e. The molecule has 0 heterocycles. The van der Waals surface area contributed by atoms with Gasteiger partial charge in [0, 0.05) is 0 Å². The fourth-order valence-electron chi connectivity index (χ4n) is 2.29. The van der Waals surface area contributed by atoms with Crippen molar-refractivity contribution < 1.29 is 0 Å². The lowest BCUT2D eigenvalue weighted by Crippen LogP contribution is -1.99. The summed E-state index contributed by atoms with van der Waals surface area (Å²) in [7, 11) is 0. The smallest absolute Gasteiger partial charge is 0.0625 e. The summed E-state index contributed by atoms with van der Waals surface area (Å²) in [5, 5.41) is 0.0415. The van der Waals surface area contributed by atoms with E-state index in [1.54, 1.807) is 0 Å². The van der Waals surface area contributed by atoms with Gasteiger partial charge < -0.3 is 0 Å². The van der Waals surface area contributed by atoms with Crippen LogP contribution in [0.1, 0.15) is 38.8 Å². The van der Waals surface area contributed by atoms with Crippen molar-refractivity contribution in [3.05, 3.63) is 69.8 Å². The van der Waals surface area contributed by atoms with E-state index in [0.29, 0.717) is 0 Å². The standard InChI is InChI=1S/C18H21Cl/c1-12-5-6-14(3)17(9-12)11-18(19)16-8-7-13(2)15(4)10-16/h5-10,18H,11H2,1-4H3. The van der Waals surface area contributed by atoms with Crippen LogP contribution in [0.15, 0.2) is 36.4 Å². The minimum absolute atomic E-state index is 0.0415. The second kappa shape index (κ2) is 5.79. The van der Waals surface area contributed by atoms with Crippen molar-refractivity contribution in [3.63, 3.8) is 0 Å². The van der Waals surface area contributed by atoms with Gasteiger partial charge in [-0.1, -0.05) is 42.0 Å². The largest absolute Gasteiger partial charge is 0.117 e. The van der Waals surface area contributed by atoms with Gasteiger partial charge in [-0.2, -0.15) is 0 Å². The Morgan fingerprint density at radius 2 is 1.53 bits per heavy atom. The zero-order valence-corrected chi connectivity index (χ0v) is 12.9. The Morgan fingerprint density at radius 3 is 2.21 bits per heavy atom. The van der Waals surface area contributed by atoms with Crippen LogP contribution in [0.25, 0.3) is 0 Å². The zero-order valence-electron chi connectivity index (χ0n) is 12.1. The van der Waals surface area contributed by atoms with Gasteiger partial charge in [-0.05, 0) is 61.9 Å². The van der Waals surface area contributed by atoms with Crippen molar-refractivity contribution >= 4 is 11.6 Å². The van der Waals surface area contributed by atoms with Crippen molar-refractivity contribution in [2.45, 2.75) is 39.5 Å². The lowest BCUT2D eigenvalue weighted by Gasteiger charge is -2.14. The molecule has 0 fully saturated rings. The van der Waals surface area contributed by atoms with Crippen LogP contribution in [0.3, 0.4) is 0 Å². The third-order valence-electron chi connectivity index (χ3n) is 3.80. The first-order valence-corrected chi connectivity index (χ1v) is 7.18. The highest BCUT2D eigenvalue weighted by molar-refractivity contribution is 6.20. The Labute approximate surface area is 121 Å². The topological polar surface area (TPSA) is 0 Å². The van der Waals surface area contributed by atoms with Gasteiger partial charge in [0.25, 0.3) is 0 Å². The molecule has 0 radical (unpaired) electrons. The van der Waals surface area contributed by atoms with Crippen molar-refractivity contribution in [1.29, 1.82) is 0 Å². The van der Waals surface area contributed by atoms with Gasteiger partial charge in [0.2, 0.25) is 0 Å². The molecule has 0 N–H and O–H groups in total. The van der Waals surface area contributed by atoms with Gasteiger partial charge in [-0.3, -0.25) is 0 Å². The Hall–Kier alpha value is -1.27. The Bertz CT molecular complexity index is 584. The van der Waals surface area contributed by atoms with Crippen LogP contribution in [-0.2, 0) is 6.42 Å². The number of hydrogen-bond acceptors (Lipinski definition) is 0. The number of halogens is 1. The Morgan fingerprint density at radius 1 is 0.842 bits per heavy atom. The van der Waals surface area contributed by atoms with Crippen molar-refractivity contribution in [1.82, 2.24) is 0 Å². The first kappa shape index (κ1) is 14.1. The second-order valence-electron chi connectivity index (χ2n) is 5.45. The van der Waals surface area contributed by atoms with E-state index >= 15 is 0 Å². The average molecular weight is 273 g/mol. The molecule has 2 aromatic carbocycles. The van der Waals surface area contributed by atoms with Crippen LogP contribution in [0.4, 0.5) is 0 Å². The monoisotopic (exact) mass is 272 g/mol. The van der Waals surface area contributed by atoms with E-state index in [0.717, 1.165) is 6.42 Å². The number of aryl methyl sites for hydroxylation is 4. The molecule has 0 aromatic heterocycles. The molecule has 0 spiro atoms. The molecule has 0 aliphatic rings. The fraction of sp³-hybridized carbons (Fsp3) is 0.333. The maximum Gasteiger partial charge on any atom is 0.0625 e. The maximum atomic E-state index is 6.59. The van der Waals surface area contributed by atoms with Gasteiger partial charge in [0.1, 0.15) is 0 Å². The Kier molecular flexibility index (Phi) is 4.31. The van der Waals surface area contributed by atoms with E-state index in [-0.39, 0.29) is 5.38 Å². The molecule has 0 amide bonds. The third kappa shape index (κ3) is 3.39. The molecular weight excluding hydrogens is 252 g/mol. The molecular formula is C18H21Cl. The third-order valence-corrected chi connectivity index (χ3v) is 4.20. The first-order valence-electron chi connectivity index (χ1n) is 6.74. The first-order chi connectivity index (χ1) is 8.97. The van der Waals surface area contributed by atoms with E-state index in [2.05, 4.69) is 64.1 Å². The number of rotatable bonds is 3. The summed E-state index contributed by atoms with van der Waals surface area (Å²) in [6.45, 7) is 8.55. The molecule has 0 saturated carbocycles. The maximum absolute atomic E-state index is 6.59. The summed E-state index contributed by atoms with van der Waals surface area (Å²) in [6.07, 6.45) is 0.886. The highest BCUT2D eigenvalue weighted by atomic mass is 35.5. The predicted octanol–water partition coefficient (Wildman–Crippen LogP) is 5.44. The summed E-state index contributed by atoms with van der Waals surface area (Å²) in [5.74, 6) is 0. The van der Waals surface area contributed by atoms with Crippen LogP contribution < -0.4 is 0 Å². The lowest BCUT2D eigenvalue weighted by molar-refractivity contribution is 0.906. The molecule has 0 nitrogen and oxygen atoms in total. The van der Waals surface area contributed by atoms with Gasteiger partial charge in [0.15, 0.2) is 0 Å². The molecule has 1 heteroatoms. The molecule has 0 bridgehead atoms. The normalized spacial score (nSPS) is 12.5. The predicted molar refractivity (Wildman–Crippen MR) is 84.1 cm³/mol. The van der Waals surface area contributed by atoms with E-state index in [9.17, 15) is 0 Å². The van der Waals surface area contributed by atoms with E-state index in [1.807, 2.05) is 0 Å². The summed E-state index contributed by atoms with van der Waals surface area (Å²) >= 11 is 6.59. The summed E-state index contributed by atoms with van der Waals surface area (Å²) < 4.78 is 0. The summed E-state index contributed by atoms with van der Waals surface area (Å²) in [6, 6.07) is 13.1. The molecule has 2 aromatic rings. The van der Waals surface area contributed by atoms with Gasteiger partial charge in [-0.15, -0.1) is 11.6 Å². The van der Waals surface area contributed by atoms with E-state index < -0.39 is 0 Å². The number of benzene rings is 2. The highest BCUT2D eigenvalue weighted by Crippen LogP contribution is 2.28. The summed E-state index contributed by atoms with van der Waals surface area (Å²) in [5.41, 5.74) is 7.80. The van der Waals surface area contributed by atoms with Crippen LogP contribution in [-0.4, -0.2) is 0 Å². The second-order valence-corrected chi connectivity index (χ2v) is 5.97. The molecule has 0 aliphatic carbocycles. The van der Waals surface area contributed by atoms with Crippen LogP contribution in [0.2, 0.25) is 0 Å². The fourth-order valence-corrected chi connectivity index (χ4v) is 2.59. The van der Waals surface area contributed by atoms with E-state index in [1.165, 1.54) is 33.4 Å². The molecule has 2 rings (SSSR count). The molecule has 1 unspecified atom stereocenters. The molecule has 0 aliphatic heterocycles. The minimum atomic E-state index is 0.0415.